The lowest BCUT2D eigenvalue weighted by atomic mass is 10.0. The molecule has 1 unspecified atom stereocenters. The van der Waals surface area contributed by atoms with E-state index >= 15 is 0 Å². The van der Waals surface area contributed by atoms with Gasteiger partial charge < -0.3 is 5.11 Å². The van der Waals surface area contributed by atoms with Crippen LogP contribution in [-0.4, -0.2) is 5.11 Å². The first-order valence-corrected chi connectivity index (χ1v) is 7.04. The van der Waals surface area contributed by atoms with Crippen molar-refractivity contribution in [1.29, 1.82) is 0 Å². The highest BCUT2D eigenvalue weighted by Crippen LogP contribution is 2.31. The third kappa shape index (κ3) is 2.77. The number of hydrogen-bond acceptors (Lipinski definition) is 1. The maximum atomic E-state index is 13.9. The minimum Gasteiger partial charge on any atom is -0.384 e. The first-order chi connectivity index (χ1) is 8.50. The fourth-order valence-corrected chi connectivity index (χ4v) is 2.49. The van der Waals surface area contributed by atoms with Gasteiger partial charge in [-0.05, 0) is 55.6 Å². The van der Waals surface area contributed by atoms with Crippen LogP contribution in [-0.2, 0) is 0 Å². The van der Waals surface area contributed by atoms with Gasteiger partial charge in [0.1, 0.15) is 11.9 Å². The molecule has 1 nitrogen and oxygen atoms in total. The molecular formula is C13H8Br2ClFO. The molecule has 0 saturated carbocycles. The minimum atomic E-state index is -1.03. The highest BCUT2D eigenvalue weighted by Gasteiger charge is 2.17. The van der Waals surface area contributed by atoms with Crippen molar-refractivity contribution in [2.45, 2.75) is 6.10 Å². The molecule has 0 bridgehead atoms. The maximum Gasteiger partial charge on any atom is 0.143 e. The number of rotatable bonds is 2. The van der Waals surface area contributed by atoms with Crippen molar-refractivity contribution in [3.05, 3.63) is 67.3 Å². The largest absolute Gasteiger partial charge is 0.384 e. The average molecular weight is 394 g/mol. The molecule has 1 N–H and O–H groups in total. The predicted octanol–water partition coefficient (Wildman–Crippen LogP) is 5.09. The number of halogens is 4. The van der Waals surface area contributed by atoms with Gasteiger partial charge in [-0.1, -0.05) is 29.8 Å². The van der Waals surface area contributed by atoms with Gasteiger partial charge >= 0.3 is 0 Å². The van der Waals surface area contributed by atoms with Crippen LogP contribution in [0.2, 0.25) is 5.02 Å². The molecule has 0 aliphatic rings. The smallest absolute Gasteiger partial charge is 0.143 e. The van der Waals surface area contributed by atoms with E-state index < -0.39 is 11.9 Å². The molecule has 2 aromatic carbocycles. The standard InChI is InChI=1S/C13H8Br2ClFO/c14-9-3-1-2-8(12(9)17)13(18)7-4-5-11(16)10(15)6-7/h1-6,13,18H. The van der Waals surface area contributed by atoms with E-state index in [0.29, 0.717) is 19.5 Å². The monoisotopic (exact) mass is 392 g/mol. The Kier molecular flexibility index (Phi) is 4.43. The molecule has 0 heterocycles. The second-order valence-corrected chi connectivity index (χ2v) is 5.84. The molecule has 1 atom stereocenters. The predicted molar refractivity (Wildman–Crippen MR) is 77.3 cm³/mol. The summed E-state index contributed by atoms with van der Waals surface area (Å²) in [5.41, 5.74) is 0.793. The molecule has 0 aliphatic heterocycles. The van der Waals surface area contributed by atoms with Crippen LogP contribution < -0.4 is 0 Å². The average Bonchev–Trinajstić information content (AvgIpc) is 2.35. The lowest BCUT2D eigenvalue weighted by molar-refractivity contribution is 0.214. The van der Waals surface area contributed by atoms with Gasteiger partial charge in [0.2, 0.25) is 0 Å². The molecule has 0 aliphatic carbocycles. The Morgan fingerprint density at radius 2 is 1.83 bits per heavy atom. The molecule has 0 amide bonds. The molecule has 94 valence electrons. The molecular weight excluding hydrogens is 386 g/mol. The van der Waals surface area contributed by atoms with Crippen molar-refractivity contribution in [1.82, 2.24) is 0 Å². The Labute approximate surface area is 126 Å². The lowest BCUT2D eigenvalue weighted by Crippen LogP contribution is -2.03. The van der Waals surface area contributed by atoms with Crippen molar-refractivity contribution in [3.8, 4) is 0 Å². The summed E-state index contributed by atoms with van der Waals surface area (Å²) in [6, 6.07) is 9.80. The highest BCUT2D eigenvalue weighted by molar-refractivity contribution is 9.10. The van der Waals surface area contributed by atoms with Gasteiger partial charge in [-0.3, -0.25) is 0 Å². The van der Waals surface area contributed by atoms with Crippen LogP contribution in [0.1, 0.15) is 17.2 Å². The van der Waals surface area contributed by atoms with Gasteiger partial charge in [-0.15, -0.1) is 0 Å². The summed E-state index contributed by atoms with van der Waals surface area (Å²) < 4.78 is 14.9. The maximum absolute atomic E-state index is 13.9. The second-order valence-electron chi connectivity index (χ2n) is 3.72. The molecule has 2 aromatic rings. The van der Waals surface area contributed by atoms with E-state index in [1.54, 1.807) is 36.4 Å². The lowest BCUT2D eigenvalue weighted by Gasteiger charge is -2.13. The zero-order valence-electron chi connectivity index (χ0n) is 9.00. The topological polar surface area (TPSA) is 20.2 Å². The number of aliphatic hydroxyl groups is 1. The summed E-state index contributed by atoms with van der Waals surface area (Å²) in [6.07, 6.45) is -1.03. The van der Waals surface area contributed by atoms with Crippen molar-refractivity contribution >= 4 is 43.5 Å². The van der Waals surface area contributed by atoms with Crippen LogP contribution in [0.25, 0.3) is 0 Å². The third-order valence-corrected chi connectivity index (χ3v) is 4.36. The Bertz CT molecular complexity index is 589. The molecule has 0 fully saturated rings. The molecule has 5 heteroatoms. The fraction of sp³-hybridized carbons (Fsp3) is 0.0769. The van der Waals surface area contributed by atoms with E-state index in [1.165, 1.54) is 0 Å². The van der Waals surface area contributed by atoms with Gasteiger partial charge in [0.25, 0.3) is 0 Å². The van der Waals surface area contributed by atoms with Gasteiger partial charge in [-0.2, -0.15) is 0 Å². The number of benzene rings is 2. The van der Waals surface area contributed by atoms with Crippen LogP contribution in [0.15, 0.2) is 45.3 Å². The van der Waals surface area contributed by atoms with E-state index in [0.717, 1.165) is 0 Å². The summed E-state index contributed by atoms with van der Waals surface area (Å²) in [5.74, 6) is -0.462. The first kappa shape index (κ1) is 14.0. The van der Waals surface area contributed by atoms with Crippen molar-refractivity contribution in [2.75, 3.05) is 0 Å². The number of aliphatic hydroxyl groups excluding tert-OH is 1. The molecule has 18 heavy (non-hydrogen) atoms. The molecule has 0 spiro atoms. The van der Waals surface area contributed by atoms with Crippen molar-refractivity contribution < 1.29 is 9.50 Å². The van der Waals surface area contributed by atoms with Crippen LogP contribution >= 0.6 is 43.5 Å². The van der Waals surface area contributed by atoms with Gasteiger partial charge in [0.05, 0.1) is 9.50 Å². The zero-order chi connectivity index (χ0) is 13.3. The molecule has 0 saturated heterocycles. The van der Waals surface area contributed by atoms with Crippen molar-refractivity contribution in [2.24, 2.45) is 0 Å². The van der Waals surface area contributed by atoms with Gasteiger partial charge in [0, 0.05) is 10.0 Å². The van der Waals surface area contributed by atoms with Crippen LogP contribution in [0.3, 0.4) is 0 Å². The molecule has 0 radical (unpaired) electrons. The van der Waals surface area contributed by atoms with E-state index in [4.69, 9.17) is 11.6 Å². The van der Waals surface area contributed by atoms with Crippen molar-refractivity contribution in [3.63, 3.8) is 0 Å². The summed E-state index contributed by atoms with van der Waals surface area (Å²) in [5, 5.41) is 10.7. The van der Waals surface area contributed by atoms with E-state index in [-0.39, 0.29) is 5.56 Å². The fourth-order valence-electron chi connectivity index (χ4n) is 1.59. The molecule has 0 aromatic heterocycles. The Morgan fingerprint density at radius 1 is 1.11 bits per heavy atom. The summed E-state index contributed by atoms with van der Waals surface area (Å²) in [4.78, 5) is 0. The summed E-state index contributed by atoms with van der Waals surface area (Å²) >= 11 is 12.2. The van der Waals surface area contributed by atoms with E-state index in [1.807, 2.05) is 0 Å². The zero-order valence-corrected chi connectivity index (χ0v) is 12.9. The van der Waals surface area contributed by atoms with E-state index in [9.17, 15) is 9.50 Å². The third-order valence-electron chi connectivity index (χ3n) is 2.54. The first-order valence-electron chi connectivity index (χ1n) is 5.07. The Hall–Kier alpha value is -0.420. The summed E-state index contributed by atoms with van der Waals surface area (Å²) in [7, 11) is 0. The highest BCUT2D eigenvalue weighted by atomic mass is 79.9. The van der Waals surface area contributed by atoms with E-state index in [2.05, 4.69) is 31.9 Å². The van der Waals surface area contributed by atoms with Crippen LogP contribution in [0.5, 0.6) is 0 Å². The van der Waals surface area contributed by atoms with Crippen LogP contribution in [0, 0.1) is 5.82 Å². The number of hydrogen-bond donors (Lipinski definition) is 1. The minimum absolute atomic E-state index is 0.221. The Balaban J connectivity index is 2.44. The SMILES string of the molecule is OC(c1ccc(Cl)c(Br)c1)c1cccc(Br)c1F. The summed E-state index contributed by atoms with van der Waals surface area (Å²) in [6.45, 7) is 0. The normalized spacial score (nSPS) is 12.5. The quantitative estimate of drug-likeness (QED) is 0.753. The van der Waals surface area contributed by atoms with Gasteiger partial charge in [0.15, 0.2) is 0 Å². The molecule has 2 rings (SSSR count). The second kappa shape index (κ2) is 5.70. The Morgan fingerprint density at radius 3 is 2.50 bits per heavy atom. The van der Waals surface area contributed by atoms with Crippen LogP contribution in [0.4, 0.5) is 4.39 Å². The van der Waals surface area contributed by atoms with Gasteiger partial charge in [-0.25, -0.2) is 4.39 Å².